The number of nitro benzene ring substituents is 1. The molecule has 2 rings (SSSR count). The third kappa shape index (κ3) is 8.73. The van der Waals surface area contributed by atoms with Crippen LogP contribution in [0.25, 0.3) is 6.08 Å². The summed E-state index contributed by atoms with van der Waals surface area (Å²) in [5, 5.41) is 16.1. The fraction of sp³-hybridized carbons (Fsp3) is 0.292. The molecule has 0 aromatic heterocycles. The van der Waals surface area contributed by atoms with Crippen LogP contribution in [0.15, 0.2) is 54.2 Å². The molecule has 2 N–H and O–H groups in total. The van der Waals surface area contributed by atoms with Crippen LogP contribution in [0.5, 0.6) is 5.75 Å². The number of amides is 2. The van der Waals surface area contributed by atoms with Crippen molar-refractivity contribution in [2.24, 2.45) is 5.92 Å². The lowest BCUT2D eigenvalue weighted by atomic mass is 10.1. The number of rotatable bonds is 11. The minimum absolute atomic E-state index is 0.0163. The number of hydrogen-bond donors (Lipinski definition) is 2. The number of nitrogens with one attached hydrogen (secondary N) is 2. The van der Waals surface area contributed by atoms with E-state index in [1.165, 1.54) is 31.2 Å². The Hall–Kier alpha value is -4.21. The first-order valence-electron chi connectivity index (χ1n) is 10.6. The summed E-state index contributed by atoms with van der Waals surface area (Å²) in [6.07, 6.45) is 1.33. The maximum Gasteiger partial charge on any atom is 0.302 e. The second-order valence-electron chi connectivity index (χ2n) is 7.69. The lowest BCUT2D eigenvalue weighted by molar-refractivity contribution is -0.384. The van der Waals surface area contributed by atoms with Crippen molar-refractivity contribution in [3.05, 3.63) is 75.5 Å². The summed E-state index contributed by atoms with van der Waals surface area (Å²) < 4.78 is 10.4. The molecule has 34 heavy (non-hydrogen) atoms. The molecule has 10 heteroatoms. The molecule has 2 aromatic carbocycles. The molecule has 2 amide bonds. The van der Waals surface area contributed by atoms with Gasteiger partial charge in [-0.2, -0.15) is 0 Å². The number of hydrogen-bond acceptors (Lipinski definition) is 7. The minimum atomic E-state index is -0.649. The molecule has 0 aliphatic rings. The summed E-state index contributed by atoms with van der Waals surface area (Å²) in [6, 6.07) is 12.1. The molecule has 0 heterocycles. The molecular weight excluding hydrogens is 442 g/mol. The van der Waals surface area contributed by atoms with E-state index in [4.69, 9.17) is 9.47 Å². The van der Waals surface area contributed by atoms with E-state index in [9.17, 15) is 24.5 Å². The zero-order chi connectivity index (χ0) is 25.1. The van der Waals surface area contributed by atoms with Crippen LogP contribution >= 0.6 is 0 Å². The Kier molecular flexibility index (Phi) is 9.75. The van der Waals surface area contributed by atoms with Gasteiger partial charge in [-0.3, -0.25) is 24.5 Å². The van der Waals surface area contributed by atoms with Gasteiger partial charge in [0.1, 0.15) is 18.1 Å². The Balaban J connectivity index is 2.20. The predicted octanol–water partition coefficient (Wildman–Crippen LogP) is 3.08. The summed E-state index contributed by atoms with van der Waals surface area (Å²) in [5.41, 5.74) is 0.340. The molecule has 0 atom stereocenters. The Morgan fingerprint density at radius 2 is 1.82 bits per heavy atom. The van der Waals surface area contributed by atoms with Crippen molar-refractivity contribution in [3.8, 4) is 5.75 Å². The van der Waals surface area contributed by atoms with E-state index in [1.807, 2.05) is 13.8 Å². The largest absolute Gasteiger partial charge is 0.493 e. The van der Waals surface area contributed by atoms with E-state index in [0.29, 0.717) is 23.8 Å². The Morgan fingerprint density at radius 1 is 1.12 bits per heavy atom. The smallest absolute Gasteiger partial charge is 0.302 e. The first-order valence-corrected chi connectivity index (χ1v) is 10.6. The first-order chi connectivity index (χ1) is 16.2. The van der Waals surface area contributed by atoms with Gasteiger partial charge in [0.15, 0.2) is 0 Å². The lowest BCUT2D eigenvalue weighted by Gasteiger charge is -2.12. The van der Waals surface area contributed by atoms with Gasteiger partial charge in [-0.05, 0) is 41.8 Å². The van der Waals surface area contributed by atoms with Gasteiger partial charge in [0.05, 0.1) is 18.1 Å². The van der Waals surface area contributed by atoms with Crippen molar-refractivity contribution in [3.63, 3.8) is 0 Å². The van der Waals surface area contributed by atoms with Crippen LogP contribution in [-0.2, 0) is 14.3 Å². The summed E-state index contributed by atoms with van der Waals surface area (Å²) in [4.78, 5) is 46.8. The Labute approximate surface area is 197 Å². The maximum atomic E-state index is 12.8. The number of carbonyl (C=O) groups excluding carboxylic acids is 3. The SMILES string of the molecule is CC(=O)OCCNC(=O)/C(=C\c1cccc([N+](=O)[O-])c1)NC(=O)c1ccc(OCC(C)C)cc1. The van der Waals surface area contributed by atoms with E-state index in [0.717, 1.165) is 0 Å². The molecule has 0 fully saturated rings. The monoisotopic (exact) mass is 469 g/mol. The van der Waals surface area contributed by atoms with Gasteiger partial charge in [0, 0.05) is 24.6 Å². The fourth-order valence-electron chi connectivity index (χ4n) is 2.67. The molecule has 0 bridgehead atoms. The van der Waals surface area contributed by atoms with Crippen LogP contribution in [0.3, 0.4) is 0 Å². The van der Waals surface area contributed by atoms with Gasteiger partial charge in [-0.15, -0.1) is 0 Å². The summed E-state index contributed by atoms with van der Waals surface area (Å²) in [5.74, 6) is -0.730. The summed E-state index contributed by atoms with van der Waals surface area (Å²) in [7, 11) is 0. The number of nitrogens with zero attached hydrogens (tertiary/aromatic N) is 1. The molecule has 10 nitrogen and oxygen atoms in total. The molecule has 0 unspecified atom stereocenters. The first kappa shape index (κ1) is 26.0. The number of carbonyl (C=O) groups is 3. The highest BCUT2D eigenvalue weighted by atomic mass is 16.6. The van der Waals surface area contributed by atoms with Crippen LogP contribution in [0.4, 0.5) is 5.69 Å². The lowest BCUT2D eigenvalue weighted by Crippen LogP contribution is -2.36. The van der Waals surface area contributed by atoms with Crippen molar-refractivity contribution < 1.29 is 28.8 Å². The molecule has 0 aliphatic carbocycles. The van der Waals surface area contributed by atoms with Crippen LogP contribution in [0.1, 0.15) is 36.7 Å². The van der Waals surface area contributed by atoms with E-state index >= 15 is 0 Å². The number of esters is 1. The zero-order valence-electron chi connectivity index (χ0n) is 19.2. The van der Waals surface area contributed by atoms with Gasteiger partial charge in [-0.1, -0.05) is 26.0 Å². The topological polar surface area (TPSA) is 137 Å². The van der Waals surface area contributed by atoms with E-state index in [1.54, 1.807) is 30.3 Å². The molecule has 0 saturated heterocycles. The highest BCUT2D eigenvalue weighted by molar-refractivity contribution is 6.05. The number of benzene rings is 2. The van der Waals surface area contributed by atoms with E-state index in [2.05, 4.69) is 10.6 Å². The Morgan fingerprint density at radius 3 is 2.44 bits per heavy atom. The average molecular weight is 469 g/mol. The highest BCUT2D eigenvalue weighted by Gasteiger charge is 2.16. The predicted molar refractivity (Wildman–Crippen MR) is 125 cm³/mol. The second-order valence-corrected chi connectivity index (χ2v) is 7.69. The van der Waals surface area contributed by atoms with Crippen molar-refractivity contribution >= 4 is 29.5 Å². The van der Waals surface area contributed by atoms with Crippen LogP contribution < -0.4 is 15.4 Å². The van der Waals surface area contributed by atoms with Gasteiger partial charge < -0.3 is 20.1 Å². The van der Waals surface area contributed by atoms with Crippen molar-refractivity contribution in [1.82, 2.24) is 10.6 Å². The van der Waals surface area contributed by atoms with Crippen molar-refractivity contribution in [2.75, 3.05) is 19.8 Å². The molecule has 0 aliphatic heterocycles. The zero-order valence-corrected chi connectivity index (χ0v) is 19.2. The van der Waals surface area contributed by atoms with Crippen molar-refractivity contribution in [2.45, 2.75) is 20.8 Å². The quantitative estimate of drug-likeness (QED) is 0.170. The van der Waals surface area contributed by atoms with Gasteiger partial charge in [0.25, 0.3) is 17.5 Å². The standard InChI is InChI=1S/C24H27N3O7/c1-16(2)15-34-21-9-7-19(8-10-21)23(29)26-22(24(30)25-11-12-33-17(3)28)14-18-5-4-6-20(13-18)27(31)32/h4-10,13-14,16H,11-12,15H2,1-3H3,(H,25,30)(H,26,29)/b22-14+. The number of nitro groups is 1. The second kappa shape index (κ2) is 12.7. The van der Waals surface area contributed by atoms with Gasteiger partial charge in [-0.25, -0.2) is 0 Å². The Bertz CT molecular complexity index is 1060. The third-order valence-electron chi connectivity index (χ3n) is 4.28. The van der Waals surface area contributed by atoms with Gasteiger partial charge in [0.2, 0.25) is 0 Å². The maximum absolute atomic E-state index is 12.8. The number of non-ortho nitro benzene ring substituents is 1. The van der Waals surface area contributed by atoms with Crippen LogP contribution in [0.2, 0.25) is 0 Å². The molecule has 0 radical (unpaired) electrons. The van der Waals surface area contributed by atoms with E-state index in [-0.39, 0.29) is 30.1 Å². The fourth-order valence-corrected chi connectivity index (χ4v) is 2.67. The molecule has 180 valence electrons. The summed E-state index contributed by atoms with van der Waals surface area (Å²) >= 11 is 0. The van der Waals surface area contributed by atoms with Crippen LogP contribution in [0, 0.1) is 16.0 Å². The third-order valence-corrected chi connectivity index (χ3v) is 4.28. The normalized spacial score (nSPS) is 11.0. The van der Waals surface area contributed by atoms with E-state index < -0.39 is 22.7 Å². The molecular formula is C24H27N3O7. The molecule has 0 spiro atoms. The van der Waals surface area contributed by atoms with Crippen molar-refractivity contribution in [1.29, 1.82) is 0 Å². The van der Waals surface area contributed by atoms with Crippen LogP contribution in [-0.4, -0.2) is 42.5 Å². The van der Waals surface area contributed by atoms with Gasteiger partial charge >= 0.3 is 5.97 Å². The average Bonchev–Trinajstić information content (AvgIpc) is 2.80. The summed E-state index contributed by atoms with van der Waals surface area (Å²) in [6.45, 7) is 5.80. The molecule has 2 aromatic rings. The minimum Gasteiger partial charge on any atom is -0.493 e. The number of ether oxygens (including phenoxy) is 2. The molecule has 0 saturated carbocycles. The highest BCUT2D eigenvalue weighted by Crippen LogP contribution is 2.17.